The van der Waals surface area contributed by atoms with E-state index in [1.54, 1.807) is 0 Å². The number of rotatable bonds is 3. The summed E-state index contributed by atoms with van der Waals surface area (Å²) in [5.74, 6) is 0. The van der Waals surface area contributed by atoms with Crippen LogP contribution in [0.5, 0.6) is 0 Å². The molecule has 2 aromatic carbocycles. The minimum absolute atomic E-state index is 0.897. The van der Waals surface area contributed by atoms with Gasteiger partial charge >= 0.3 is 0 Å². The van der Waals surface area contributed by atoms with Gasteiger partial charge in [0.15, 0.2) is 0 Å². The first-order valence-electron chi connectivity index (χ1n) is 7.82. The summed E-state index contributed by atoms with van der Waals surface area (Å²) in [6.07, 6.45) is 2.89. The Morgan fingerprint density at radius 1 is 1.23 bits per heavy atom. The van der Waals surface area contributed by atoms with Gasteiger partial charge in [-0.2, -0.15) is 0 Å². The van der Waals surface area contributed by atoms with Crippen LogP contribution in [0, 0.1) is 6.92 Å². The maximum absolute atomic E-state index is 4.39. The van der Waals surface area contributed by atoms with E-state index in [-0.39, 0.29) is 0 Å². The summed E-state index contributed by atoms with van der Waals surface area (Å²) < 4.78 is 0. The molecule has 0 amide bonds. The summed E-state index contributed by atoms with van der Waals surface area (Å²) in [7, 11) is 0. The van der Waals surface area contributed by atoms with Crippen molar-refractivity contribution in [3.63, 3.8) is 0 Å². The van der Waals surface area contributed by atoms with Crippen LogP contribution in [-0.2, 0) is 13.0 Å². The number of hydrogen-bond donors (Lipinski definition) is 0. The second-order valence-corrected chi connectivity index (χ2v) is 5.74. The van der Waals surface area contributed by atoms with Gasteiger partial charge in [0.25, 0.3) is 0 Å². The Labute approximate surface area is 132 Å². The van der Waals surface area contributed by atoms with Crippen molar-refractivity contribution in [2.24, 2.45) is 4.99 Å². The fourth-order valence-electron chi connectivity index (χ4n) is 3.00. The summed E-state index contributed by atoms with van der Waals surface area (Å²) >= 11 is 0. The van der Waals surface area contributed by atoms with E-state index in [0.29, 0.717) is 0 Å². The highest BCUT2D eigenvalue weighted by molar-refractivity contribution is 5.84. The third-order valence-electron chi connectivity index (χ3n) is 4.31. The lowest BCUT2D eigenvalue weighted by Gasteiger charge is -2.20. The van der Waals surface area contributed by atoms with E-state index in [9.17, 15) is 0 Å². The molecule has 2 heteroatoms. The number of aliphatic imine (C=N–C) groups is 1. The van der Waals surface area contributed by atoms with Crippen molar-refractivity contribution in [2.45, 2.75) is 33.7 Å². The topological polar surface area (TPSA) is 15.6 Å². The van der Waals surface area contributed by atoms with Gasteiger partial charge in [-0.25, -0.2) is 0 Å². The third-order valence-corrected chi connectivity index (χ3v) is 4.31. The molecule has 1 heterocycles. The quantitative estimate of drug-likeness (QED) is 0.703. The molecule has 0 saturated heterocycles. The number of benzene rings is 2. The maximum Gasteiger partial charge on any atom is 0.0656 e. The fourth-order valence-corrected chi connectivity index (χ4v) is 3.00. The predicted octanol–water partition coefficient (Wildman–Crippen LogP) is 5.27. The van der Waals surface area contributed by atoms with Crippen molar-refractivity contribution in [1.82, 2.24) is 0 Å². The van der Waals surface area contributed by atoms with Crippen LogP contribution in [0.25, 0.3) is 5.70 Å². The molecule has 0 aliphatic carbocycles. The monoisotopic (exact) mass is 290 g/mol. The molecule has 112 valence electrons. The average molecular weight is 290 g/mol. The summed E-state index contributed by atoms with van der Waals surface area (Å²) in [5.41, 5.74) is 8.51. The van der Waals surface area contributed by atoms with Crippen LogP contribution >= 0.6 is 0 Å². The van der Waals surface area contributed by atoms with Crippen molar-refractivity contribution < 1.29 is 0 Å². The average Bonchev–Trinajstić information content (AvgIpc) is 2.86. The minimum atomic E-state index is 0.897. The van der Waals surface area contributed by atoms with Crippen molar-refractivity contribution in [3.05, 3.63) is 65.2 Å². The lowest BCUT2D eigenvalue weighted by molar-refractivity contribution is 1.04. The van der Waals surface area contributed by atoms with E-state index in [1.807, 2.05) is 13.1 Å². The van der Waals surface area contributed by atoms with Gasteiger partial charge in [0.2, 0.25) is 0 Å². The molecule has 0 saturated carbocycles. The lowest BCUT2D eigenvalue weighted by Crippen LogP contribution is -2.12. The zero-order valence-electron chi connectivity index (χ0n) is 13.6. The van der Waals surface area contributed by atoms with E-state index < -0.39 is 0 Å². The van der Waals surface area contributed by atoms with Crippen molar-refractivity contribution in [3.8, 4) is 0 Å². The molecule has 1 aliphatic heterocycles. The minimum Gasteiger partial charge on any atom is -0.337 e. The number of hydrogen-bond acceptors (Lipinski definition) is 2. The second kappa shape index (κ2) is 5.80. The Morgan fingerprint density at radius 2 is 2.05 bits per heavy atom. The lowest BCUT2D eigenvalue weighted by atomic mass is 10.0. The van der Waals surface area contributed by atoms with Crippen LogP contribution in [-0.4, -0.2) is 6.21 Å². The zero-order valence-corrected chi connectivity index (χ0v) is 13.6. The molecule has 2 aromatic rings. The van der Waals surface area contributed by atoms with Gasteiger partial charge in [0.1, 0.15) is 0 Å². The van der Waals surface area contributed by atoms with Gasteiger partial charge in [0, 0.05) is 29.7 Å². The predicted molar refractivity (Wildman–Crippen MR) is 96.0 cm³/mol. The molecule has 0 unspecified atom stereocenters. The van der Waals surface area contributed by atoms with Gasteiger partial charge in [-0.1, -0.05) is 25.6 Å². The molecule has 22 heavy (non-hydrogen) atoms. The van der Waals surface area contributed by atoms with Gasteiger partial charge < -0.3 is 4.90 Å². The molecule has 0 radical (unpaired) electrons. The van der Waals surface area contributed by atoms with E-state index in [2.05, 4.69) is 66.7 Å². The Kier molecular flexibility index (Phi) is 3.84. The number of fused-ring (bicyclic) bond motifs is 1. The third kappa shape index (κ3) is 2.45. The van der Waals surface area contributed by atoms with Crippen LogP contribution in [0.1, 0.15) is 36.1 Å². The first kappa shape index (κ1) is 14.6. The summed E-state index contributed by atoms with van der Waals surface area (Å²) in [6, 6.07) is 13.1. The summed E-state index contributed by atoms with van der Waals surface area (Å²) in [5, 5.41) is 0. The normalized spacial score (nSPS) is 14.0. The van der Waals surface area contributed by atoms with Crippen LogP contribution in [0.4, 0.5) is 11.4 Å². The molecular formula is C20H22N2. The van der Waals surface area contributed by atoms with Crippen LogP contribution < -0.4 is 4.90 Å². The number of aryl methyl sites for hydroxylation is 2. The molecule has 0 fully saturated rings. The summed E-state index contributed by atoms with van der Waals surface area (Å²) in [6.45, 7) is 11.4. The Hall–Kier alpha value is -2.35. The van der Waals surface area contributed by atoms with Crippen LogP contribution in [0.2, 0.25) is 0 Å². The zero-order chi connectivity index (χ0) is 15.7. The molecule has 2 nitrogen and oxygen atoms in total. The van der Waals surface area contributed by atoms with Crippen molar-refractivity contribution in [2.75, 3.05) is 4.90 Å². The largest absolute Gasteiger partial charge is 0.337 e. The Balaban J connectivity index is 1.95. The Bertz CT molecular complexity index is 756. The number of anilines is 1. The van der Waals surface area contributed by atoms with Crippen LogP contribution in [0.15, 0.2) is 48.0 Å². The van der Waals surface area contributed by atoms with Gasteiger partial charge in [-0.05, 0) is 61.2 Å². The Morgan fingerprint density at radius 3 is 2.73 bits per heavy atom. The molecule has 3 rings (SSSR count). The van der Waals surface area contributed by atoms with E-state index >= 15 is 0 Å². The molecule has 0 atom stereocenters. The van der Waals surface area contributed by atoms with Gasteiger partial charge in [0.05, 0.1) is 5.69 Å². The first-order chi connectivity index (χ1) is 10.6. The summed E-state index contributed by atoms with van der Waals surface area (Å²) in [4.78, 5) is 6.68. The van der Waals surface area contributed by atoms with Gasteiger partial charge in [-0.3, -0.25) is 4.99 Å². The van der Waals surface area contributed by atoms with E-state index in [4.69, 9.17) is 0 Å². The smallest absolute Gasteiger partial charge is 0.0656 e. The molecule has 0 aromatic heterocycles. The highest BCUT2D eigenvalue weighted by Crippen LogP contribution is 2.37. The second-order valence-electron chi connectivity index (χ2n) is 5.74. The highest BCUT2D eigenvalue weighted by atomic mass is 15.2. The van der Waals surface area contributed by atoms with Crippen molar-refractivity contribution in [1.29, 1.82) is 0 Å². The van der Waals surface area contributed by atoms with E-state index in [1.165, 1.54) is 27.9 Å². The molecule has 1 aliphatic rings. The molecule has 0 N–H and O–H groups in total. The molecule has 0 bridgehead atoms. The van der Waals surface area contributed by atoms with E-state index in [0.717, 1.165) is 24.4 Å². The highest BCUT2D eigenvalue weighted by Gasteiger charge is 2.23. The van der Waals surface area contributed by atoms with Crippen LogP contribution in [0.3, 0.4) is 0 Å². The maximum atomic E-state index is 4.39. The SMILES string of the molecule is C=C1c2cc(CC)ccc2CN1c1ccc(N=CC)c(C)c1. The molecular weight excluding hydrogens is 268 g/mol. The first-order valence-corrected chi connectivity index (χ1v) is 7.82. The molecule has 0 spiro atoms. The fraction of sp³-hybridized carbons (Fsp3) is 0.250. The number of nitrogens with zero attached hydrogens (tertiary/aromatic N) is 2. The standard InChI is InChI=1S/C20H22N2/c1-5-16-7-8-17-13-22(15(4)19(17)12-16)18-9-10-20(21-6-2)14(3)11-18/h6-12H,4-5,13H2,1-3H3. The van der Waals surface area contributed by atoms with Crippen molar-refractivity contribution >= 4 is 23.3 Å². The van der Waals surface area contributed by atoms with Gasteiger partial charge in [-0.15, -0.1) is 0 Å².